The maximum Gasteiger partial charge on any atom is 0.416 e. The van der Waals surface area contributed by atoms with Gasteiger partial charge in [0.2, 0.25) is 0 Å². The van der Waals surface area contributed by atoms with E-state index in [2.05, 4.69) is 0 Å². The molecule has 7 heteroatoms. The fraction of sp³-hybridized carbons (Fsp3) is 0.364. The van der Waals surface area contributed by atoms with Crippen LogP contribution in [-0.2, 0) is 6.18 Å². The summed E-state index contributed by atoms with van der Waals surface area (Å²) in [6.07, 6.45) is -7.40. The molecule has 2 atom stereocenters. The number of nitriles is 1. The predicted molar refractivity (Wildman–Crippen MR) is 56.2 cm³/mol. The monoisotopic (exact) mass is 260 g/mol. The maximum atomic E-state index is 12.4. The molecule has 0 aliphatic heterocycles. The van der Waals surface area contributed by atoms with Crippen molar-refractivity contribution in [2.45, 2.75) is 18.4 Å². The fourth-order valence-electron chi connectivity index (χ4n) is 1.42. The summed E-state index contributed by atoms with van der Waals surface area (Å²) in [4.78, 5) is 0. The number of benzene rings is 1. The Labute approximate surface area is 101 Å². The van der Waals surface area contributed by atoms with Crippen LogP contribution in [0.5, 0.6) is 0 Å². The van der Waals surface area contributed by atoms with Crippen LogP contribution in [0.25, 0.3) is 0 Å². The molecule has 0 heterocycles. The van der Waals surface area contributed by atoms with Crippen LogP contribution < -0.4 is 5.73 Å². The molecule has 0 radical (unpaired) electrons. The first-order valence-corrected chi connectivity index (χ1v) is 4.98. The Hall–Kier alpha value is -1.62. The Morgan fingerprint density at radius 1 is 1.33 bits per heavy atom. The van der Waals surface area contributed by atoms with E-state index >= 15 is 0 Å². The van der Waals surface area contributed by atoms with E-state index in [1.807, 2.05) is 0 Å². The number of aliphatic hydroxyl groups is 2. The van der Waals surface area contributed by atoms with Crippen molar-refractivity contribution in [3.63, 3.8) is 0 Å². The molecule has 0 bridgehead atoms. The molecule has 0 saturated carbocycles. The van der Waals surface area contributed by atoms with Crippen molar-refractivity contribution in [2.24, 2.45) is 5.73 Å². The average Bonchev–Trinajstić information content (AvgIpc) is 2.35. The summed E-state index contributed by atoms with van der Waals surface area (Å²) >= 11 is 0. The van der Waals surface area contributed by atoms with Crippen LogP contribution in [0.1, 0.15) is 22.8 Å². The molecule has 2 unspecified atom stereocenters. The van der Waals surface area contributed by atoms with Crippen LogP contribution in [0.2, 0.25) is 0 Å². The first kappa shape index (κ1) is 14.4. The van der Waals surface area contributed by atoms with E-state index in [-0.39, 0.29) is 17.7 Å². The zero-order chi connectivity index (χ0) is 13.9. The van der Waals surface area contributed by atoms with E-state index in [0.29, 0.717) is 6.07 Å². The molecular formula is C11H11F3N2O2. The number of hydrogen-bond acceptors (Lipinski definition) is 4. The lowest BCUT2D eigenvalue weighted by Crippen LogP contribution is -2.27. The highest BCUT2D eigenvalue weighted by Crippen LogP contribution is 2.32. The van der Waals surface area contributed by atoms with Crippen LogP contribution in [-0.4, -0.2) is 22.9 Å². The largest absolute Gasteiger partial charge is 0.416 e. The SMILES string of the molecule is N#Cc1cc(C(F)(F)F)ccc1C(O)C(O)CN. The van der Waals surface area contributed by atoms with Crippen LogP contribution in [0.15, 0.2) is 18.2 Å². The smallest absolute Gasteiger partial charge is 0.389 e. The summed E-state index contributed by atoms with van der Waals surface area (Å²) in [7, 11) is 0. The predicted octanol–water partition coefficient (Wildman–Crippen LogP) is 0.930. The van der Waals surface area contributed by atoms with Gasteiger partial charge in [0.15, 0.2) is 0 Å². The van der Waals surface area contributed by atoms with Gasteiger partial charge in [-0.05, 0) is 12.1 Å². The highest BCUT2D eigenvalue weighted by Gasteiger charge is 2.32. The Morgan fingerprint density at radius 3 is 2.39 bits per heavy atom. The standard InChI is InChI=1S/C11H11F3N2O2/c12-11(13,14)7-1-2-8(6(3-7)4-15)10(18)9(17)5-16/h1-3,9-10,17-18H,5,16H2. The molecule has 0 amide bonds. The molecule has 0 aliphatic rings. The molecule has 1 rings (SSSR count). The topological polar surface area (TPSA) is 90.3 Å². The van der Waals surface area contributed by atoms with Gasteiger partial charge in [0.05, 0.1) is 23.3 Å². The van der Waals surface area contributed by atoms with Crippen molar-refractivity contribution in [1.29, 1.82) is 5.26 Å². The van der Waals surface area contributed by atoms with Crippen LogP contribution in [0, 0.1) is 11.3 Å². The Balaban J connectivity index is 3.21. The third-order valence-electron chi connectivity index (χ3n) is 2.43. The molecule has 4 N–H and O–H groups in total. The third kappa shape index (κ3) is 2.98. The highest BCUT2D eigenvalue weighted by atomic mass is 19.4. The summed E-state index contributed by atoms with van der Waals surface area (Å²) in [6, 6.07) is 3.88. The van der Waals surface area contributed by atoms with Crippen molar-refractivity contribution < 1.29 is 23.4 Å². The first-order chi connectivity index (χ1) is 8.31. The van der Waals surface area contributed by atoms with Crippen molar-refractivity contribution in [1.82, 2.24) is 0 Å². The number of aliphatic hydroxyl groups excluding tert-OH is 2. The van der Waals surface area contributed by atoms with Gasteiger partial charge in [-0.25, -0.2) is 0 Å². The Morgan fingerprint density at radius 2 is 1.94 bits per heavy atom. The Bertz CT molecular complexity index is 468. The van der Waals surface area contributed by atoms with Crippen LogP contribution in [0.3, 0.4) is 0 Å². The van der Waals surface area contributed by atoms with Gasteiger partial charge in [-0.2, -0.15) is 18.4 Å². The number of alkyl halides is 3. The zero-order valence-electron chi connectivity index (χ0n) is 9.15. The van der Waals surface area contributed by atoms with Crippen molar-refractivity contribution in [3.05, 3.63) is 34.9 Å². The van der Waals surface area contributed by atoms with Gasteiger partial charge in [0.1, 0.15) is 6.10 Å². The summed E-state index contributed by atoms with van der Waals surface area (Å²) in [5.41, 5.74) is 3.72. The van der Waals surface area contributed by atoms with E-state index in [0.717, 1.165) is 12.1 Å². The van der Waals surface area contributed by atoms with Gasteiger partial charge in [0, 0.05) is 12.1 Å². The lowest BCUT2D eigenvalue weighted by molar-refractivity contribution is -0.137. The molecule has 98 valence electrons. The number of nitrogens with zero attached hydrogens (tertiary/aromatic N) is 1. The number of hydrogen-bond donors (Lipinski definition) is 3. The number of nitrogens with two attached hydrogens (primary N) is 1. The van der Waals surface area contributed by atoms with E-state index in [4.69, 9.17) is 11.0 Å². The van der Waals surface area contributed by atoms with Gasteiger partial charge in [-0.3, -0.25) is 0 Å². The van der Waals surface area contributed by atoms with E-state index in [1.165, 1.54) is 0 Å². The summed E-state index contributed by atoms with van der Waals surface area (Å²) in [6.45, 7) is -0.271. The van der Waals surface area contributed by atoms with Gasteiger partial charge in [-0.15, -0.1) is 0 Å². The second-order valence-corrected chi connectivity index (χ2v) is 3.66. The zero-order valence-corrected chi connectivity index (χ0v) is 9.15. The highest BCUT2D eigenvalue weighted by molar-refractivity contribution is 5.43. The Kier molecular flexibility index (Phi) is 4.29. The third-order valence-corrected chi connectivity index (χ3v) is 2.43. The second-order valence-electron chi connectivity index (χ2n) is 3.66. The summed E-state index contributed by atoms with van der Waals surface area (Å²) in [5.74, 6) is 0. The minimum Gasteiger partial charge on any atom is -0.389 e. The van der Waals surface area contributed by atoms with Gasteiger partial charge in [-0.1, -0.05) is 6.07 Å². The molecule has 18 heavy (non-hydrogen) atoms. The van der Waals surface area contributed by atoms with E-state index in [1.54, 1.807) is 6.07 Å². The minimum atomic E-state index is -4.57. The maximum absolute atomic E-state index is 12.4. The van der Waals surface area contributed by atoms with Crippen LogP contribution >= 0.6 is 0 Å². The minimum absolute atomic E-state index is 0.0801. The molecule has 1 aromatic rings. The molecule has 4 nitrogen and oxygen atoms in total. The molecule has 0 aliphatic carbocycles. The van der Waals surface area contributed by atoms with E-state index < -0.39 is 23.9 Å². The van der Waals surface area contributed by atoms with Crippen molar-refractivity contribution in [3.8, 4) is 6.07 Å². The first-order valence-electron chi connectivity index (χ1n) is 4.98. The van der Waals surface area contributed by atoms with E-state index in [9.17, 15) is 23.4 Å². The van der Waals surface area contributed by atoms with Crippen molar-refractivity contribution in [2.75, 3.05) is 6.54 Å². The number of rotatable bonds is 3. The quantitative estimate of drug-likeness (QED) is 0.754. The second kappa shape index (κ2) is 5.35. The number of halogens is 3. The van der Waals surface area contributed by atoms with Gasteiger partial charge >= 0.3 is 6.18 Å². The molecular weight excluding hydrogens is 249 g/mol. The molecule has 0 aromatic heterocycles. The van der Waals surface area contributed by atoms with Crippen molar-refractivity contribution >= 4 is 0 Å². The molecule has 0 spiro atoms. The summed E-state index contributed by atoms with van der Waals surface area (Å²) < 4.78 is 37.3. The normalized spacial score (nSPS) is 14.9. The fourth-order valence-corrected chi connectivity index (χ4v) is 1.42. The van der Waals surface area contributed by atoms with Crippen LogP contribution in [0.4, 0.5) is 13.2 Å². The van der Waals surface area contributed by atoms with Gasteiger partial charge in [0.25, 0.3) is 0 Å². The van der Waals surface area contributed by atoms with Gasteiger partial charge < -0.3 is 15.9 Å². The molecule has 0 saturated heterocycles. The molecule has 1 aromatic carbocycles. The average molecular weight is 260 g/mol. The summed E-state index contributed by atoms with van der Waals surface area (Å²) in [5, 5.41) is 27.7. The lowest BCUT2D eigenvalue weighted by Gasteiger charge is -2.18. The molecule has 0 fully saturated rings. The lowest BCUT2D eigenvalue weighted by atomic mass is 9.97.